The normalized spacial score (nSPS) is 35.5. The zero-order chi connectivity index (χ0) is 89.9. The number of rotatable bonds is 20. The van der Waals surface area contributed by atoms with E-state index in [1.807, 2.05) is 0 Å². The second-order valence-corrected chi connectivity index (χ2v) is 43.3. The van der Waals surface area contributed by atoms with E-state index in [9.17, 15) is 73.7 Å². The van der Waals surface area contributed by atoms with Crippen LogP contribution in [0.2, 0.25) is 0 Å². The number of ether oxygens (including phenoxy) is 3. The van der Waals surface area contributed by atoms with Gasteiger partial charge in [-0.2, -0.15) is 9.05 Å². The van der Waals surface area contributed by atoms with Crippen LogP contribution in [0.3, 0.4) is 0 Å². The molecule has 0 spiro atoms. The lowest BCUT2D eigenvalue weighted by Gasteiger charge is -2.57. The van der Waals surface area contributed by atoms with E-state index in [2.05, 4.69) is 19.7 Å². The Hall–Kier alpha value is -4.36. The van der Waals surface area contributed by atoms with Crippen LogP contribution >= 0.6 is 69.9 Å². The van der Waals surface area contributed by atoms with Gasteiger partial charge in [-0.15, -0.1) is 0 Å². The smallest absolute Gasteiger partial charge is 0.394 e. The fourth-order valence-electron chi connectivity index (χ4n) is 21.5. The number of hydrogen-bond donors (Lipinski definition) is 18. The number of carbonyl (C=O) groups is 4. The first kappa shape index (κ1) is 102. The molecule has 20 N–H and O–H groups in total. The van der Waals surface area contributed by atoms with Crippen molar-refractivity contribution >= 4 is 93.7 Å². The molecule has 3 unspecified atom stereocenters. The molecule has 4 aromatic carbocycles. The van der Waals surface area contributed by atoms with Gasteiger partial charge in [0.15, 0.2) is 18.9 Å². The van der Waals surface area contributed by atoms with E-state index in [1.165, 1.54) is 135 Å². The van der Waals surface area contributed by atoms with Crippen LogP contribution in [0.1, 0.15) is 171 Å². The van der Waals surface area contributed by atoms with E-state index in [0.29, 0.717) is 28.4 Å². The lowest BCUT2D eigenvalue weighted by atomic mass is 9.49. The summed E-state index contributed by atoms with van der Waals surface area (Å²) in [6, 6.07) is 30.4. The van der Waals surface area contributed by atoms with Crippen LogP contribution in [-0.2, 0) is 46.0 Å². The molecule has 3 heterocycles. The van der Waals surface area contributed by atoms with Gasteiger partial charge in [-0.25, -0.2) is 23.7 Å². The van der Waals surface area contributed by atoms with Gasteiger partial charge < -0.3 is 116 Å². The summed E-state index contributed by atoms with van der Waals surface area (Å²) in [4.78, 5) is 66.6. The fraction of sp³-hybridized carbons (Fsp3) is 0.667. The number of aliphatic hydroxyl groups excluding tert-OH is 12. The molecular formula is C84H124Cl4N4O28P3+. The maximum Gasteiger partial charge on any atom is 0.812 e. The molecule has 15 atom stereocenters. The molecule has 4 aromatic rings. The summed E-state index contributed by atoms with van der Waals surface area (Å²) in [6.45, 7) is -0.379. The highest BCUT2D eigenvalue weighted by molar-refractivity contribution is 7.55. The number of nitrogens with one attached hydrogen (secondary N) is 2. The van der Waals surface area contributed by atoms with Gasteiger partial charge in [0, 0.05) is 5.99 Å². The maximum atomic E-state index is 13.8. The SMILES string of the molecule is CN[C@H]1C(O)O[C@H](CO)[C@H](O)[C@@H]1O.CN[C@H]1C(O)O[C@H](CO)[C@H](O)[C@@H]1O.ClC(Cl)(Cl)Cl.NCC12CC3CC(CC(C3)C1)C2.N[C@H]1C(O)O[C@H](CO)[C@H](O)[C@@H]1O.O=C(OP(=O)(CCC12CC3CC(CC(C3)C1)C2)OC(=O)c1ccccc1)c1ccccc1.O=C(O[P+](=O)OC(=O)c1ccccc1)c1ccccc1.O=P(O)(O)CCC12CC3CC(CC(C3)C1)C2.[HH]. The highest BCUT2D eigenvalue weighted by atomic mass is 35.6. The Balaban J connectivity index is 0.000000183. The summed E-state index contributed by atoms with van der Waals surface area (Å²) in [5.41, 5.74) is 13.3. The van der Waals surface area contributed by atoms with Gasteiger partial charge in [0.2, 0.25) is 0 Å². The summed E-state index contributed by atoms with van der Waals surface area (Å²) in [7, 11) is -7.56. The molecule has 12 saturated carbocycles. The van der Waals surface area contributed by atoms with Crippen LogP contribution in [0.4, 0.5) is 0 Å². The average Bonchev–Trinajstić information content (AvgIpc) is 0.756. The van der Waals surface area contributed by atoms with E-state index in [-0.39, 0.29) is 30.3 Å². The zero-order valence-electron chi connectivity index (χ0n) is 68.8. The first-order valence-electron chi connectivity index (χ1n) is 41.8. The molecular weight excluding hydrogens is 1750 g/mol. The van der Waals surface area contributed by atoms with Crippen LogP contribution in [0.25, 0.3) is 0 Å². The second kappa shape index (κ2) is 46.4. The number of hydrogen-bond acceptors (Lipinski definition) is 30. The van der Waals surface area contributed by atoms with E-state index in [4.69, 9.17) is 111 Å². The zero-order valence-corrected chi connectivity index (χ0v) is 74.5. The quantitative estimate of drug-likeness (QED) is 0.0292. The monoisotopic (exact) mass is 1870 g/mol. The van der Waals surface area contributed by atoms with Crippen molar-refractivity contribution in [3.05, 3.63) is 144 Å². The van der Waals surface area contributed by atoms with E-state index in [0.717, 1.165) is 85.5 Å². The van der Waals surface area contributed by atoms with Crippen LogP contribution in [0, 0.1) is 69.5 Å². The van der Waals surface area contributed by atoms with Crippen LogP contribution in [0.15, 0.2) is 121 Å². The summed E-state index contributed by atoms with van der Waals surface area (Å²) in [5, 5.41) is 115. The average molecular weight is 1870 g/mol. The van der Waals surface area contributed by atoms with E-state index < -0.39 is 162 Å². The standard InChI is InChI=1S/C26H29O5P.C14H10O5P.C12H21O3P.C11H19N.2C7H15NO5.C6H13NO5.CCl4.H2/c27-24(22-7-3-1-4-8-22)30-32(29,31-25(28)23-9-5-2-6-10-23)12-11-26-16-19-13-20(17-26)15-21(14-19)18-26;15-13(11-7-3-1-4-8-11)18-20(17)19-14(16)12-9-5-2-6-10-12;13-16(14,15)2-1-12-6-9-3-10(7-12)5-11(4-9)8-12;12-7-11-4-8-1-9(5-11)3-10(2-8)6-11;2*1-8-4-6(11)5(10)3(2-9)13-7(4)12;7-3-5(10)4(9)2(1-8)12-6(3)11;2-1(3,4)5;/h1-10,19-21H,11-18H2;1-10H;9-11H,1-8H2,(H2,13,14,15);8-10H,1-7,12H2;2*3-12H,2H2,1H3;2-6,8-11H,1,7H2;;1H/q;+1;;;;;;;/t;;;;2*3-,4-,5+,6-,7?;2-,3-,4+,5-,6?;;/m....111../s1. The van der Waals surface area contributed by atoms with Gasteiger partial charge in [0.25, 0.3) is 3.25 Å². The molecule has 0 radical (unpaired) electrons. The largest absolute Gasteiger partial charge is 0.812 e. The van der Waals surface area contributed by atoms with Gasteiger partial charge in [0.1, 0.15) is 54.9 Å². The molecule has 39 heteroatoms. The molecule has 3 aliphatic heterocycles. The van der Waals surface area contributed by atoms with Crippen LogP contribution in [0.5, 0.6) is 0 Å². The lowest BCUT2D eigenvalue weighted by Crippen LogP contribution is -2.62. The molecule has 12 bridgehead atoms. The first-order valence-corrected chi connectivity index (χ1v) is 48.0. The van der Waals surface area contributed by atoms with Gasteiger partial charge in [-0.05, 0) is 267 Å². The number of nitrogens with two attached hydrogens (primary N) is 2. The molecule has 0 aromatic heterocycles. The Morgan fingerprint density at radius 3 is 0.951 bits per heavy atom. The highest BCUT2D eigenvalue weighted by Gasteiger charge is 2.55. The number of halogens is 4. The summed E-state index contributed by atoms with van der Waals surface area (Å²) < 4.78 is 69.1. The number of aliphatic hydroxyl groups is 12. The van der Waals surface area contributed by atoms with Crippen molar-refractivity contribution in [2.45, 2.75) is 224 Å². The number of alkyl halides is 4. The number of benzene rings is 4. The fourth-order valence-corrected chi connectivity index (χ4v) is 24.4. The van der Waals surface area contributed by atoms with Crippen molar-refractivity contribution < 1.29 is 138 Å². The second-order valence-electron chi connectivity index (χ2n) is 35.2. The minimum absolute atomic E-state index is 0. The molecule has 690 valence electrons. The molecule has 15 fully saturated rings. The minimum atomic E-state index is -3.98. The Morgan fingerprint density at radius 1 is 0.439 bits per heavy atom. The summed E-state index contributed by atoms with van der Waals surface area (Å²) in [5.74, 6) is 5.06. The third-order valence-corrected chi connectivity index (χ3v) is 29.1. The van der Waals surface area contributed by atoms with Crippen molar-refractivity contribution in [2.75, 3.05) is 52.8 Å². The van der Waals surface area contributed by atoms with E-state index in [1.54, 1.807) is 97.1 Å². The van der Waals surface area contributed by atoms with E-state index >= 15 is 0 Å². The Morgan fingerprint density at radius 2 is 0.691 bits per heavy atom. The van der Waals surface area contributed by atoms with Gasteiger partial charge >= 0.3 is 47.3 Å². The first-order chi connectivity index (χ1) is 58.1. The molecule has 32 nitrogen and oxygen atoms in total. The van der Waals surface area contributed by atoms with Crippen LogP contribution in [-0.4, -0.2) is 243 Å². The van der Waals surface area contributed by atoms with Gasteiger partial charge in [0.05, 0.1) is 72.5 Å². The number of carbonyl (C=O) groups excluding carboxylic acids is 4. The Labute approximate surface area is 738 Å². The molecule has 3 saturated heterocycles. The van der Waals surface area contributed by atoms with Crippen molar-refractivity contribution in [2.24, 2.45) is 81.0 Å². The third-order valence-electron chi connectivity index (χ3n) is 26.0. The predicted octanol–water partition coefficient (Wildman–Crippen LogP) is 8.35. The highest BCUT2D eigenvalue weighted by Crippen LogP contribution is 2.65. The minimum Gasteiger partial charge on any atom is -0.394 e. The molecule has 0 amide bonds. The molecule has 12 aliphatic carbocycles. The maximum absolute atomic E-state index is 13.8. The Bertz CT molecular complexity index is 3830. The molecule has 19 rings (SSSR count). The summed E-state index contributed by atoms with van der Waals surface area (Å²) >= 11 is 19.3. The van der Waals surface area contributed by atoms with Crippen molar-refractivity contribution in [1.29, 1.82) is 0 Å². The van der Waals surface area contributed by atoms with Gasteiger partial charge in [-0.1, -0.05) is 119 Å². The van der Waals surface area contributed by atoms with Crippen molar-refractivity contribution in [3.8, 4) is 0 Å². The molecule has 123 heavy (non-hydrogen) atoms. The third kappa shape index (κ3) is 29.8. The molecule has 15 aliphatic rings. The van der Waals surface area contributed by atoms with Crippen LogP contribution < -0.4 is 22.1 Å². The van der Waals surface area contributed by atoms with Gasteiger partial charge in [-0.3, -0.25) is 4.57 Å². The number of likely N-dealkylation sites (N-methyl/N-ethyl adjacent to an activating group) is 2. The lowest BCUT2D eigenvalue weighted by molar-refractivity contribution is -0.253. The predicted molar refractivity (Wildman–Crippen MR) is 456 cm³/mol. The van der Waals surface area contributed by atoms with Crippen molar-refractivity contribution in [1.82, 2.24) is 10.6 Å². The topological polar surface area (TPSA) is 543 Å². The summed E-state index contributed by atoms with van der Waals surface area (Å²) in [6.07, 6.45) is 12.2. The van der Waals surface area contributed by atoms with Crippen molar-refractivity contribution in [3.63, 3.8) is 0 Å². The Kier molecular flexibility index (Phi) is 38.7.